The normalized spacial score (nSPS) is 14.8. The molecule has 0 aromatic heterocycles. The fourth-order valence-corrected chi connectivity index (χ4v) is 2.80. The molecule has 5 heteroatoms. The smallest absolute Gasteiger partial charge is 0.240 e. The van der Waals surface area contributed by atoms with E-state index in [0.29, 0.717) is 18.5 Å². The van der Waals surface area contributed by atoms with Gasteiger partial charge in [-0.2, -0.15) is 0 Å². The van der Waals surface area contributed by atoms with Crippen LogP contribution in [0.2, 0.25) is 0 Å². The van der Waals surface area contributed by atoms with E-state index in [4.69, 9.17) is 0 Å². The number of carbonyl (C=O) groups excluding carboxylic acids is 2. The second-order valence-electron chi connectivity index (χ2n) is 7.25. The van der Waals surface area contributed by atoms with Crippen LogP contribution in [0.15, 0.2) is 42.5 Å². The zero-order valence-electron chi connectivity index (χ0n) is 15.2. The van der Waals surface area contributed by atoms with Crippen LogP contribution in [0.25, 0.3) is 0 Å². The molecule has 1 aliphatic carbocycles. The molecule has 0 bridgehead atoms. The SMILES string of the molecule is Cc1ccc(NC(=O)C2(C(=O)Nc3ccc(C(C)C)cc3F)CC2)cc1. The highest BCUT2D eigenvalue weighted by molar-refractivity contribution is 6.16. The number of anilines is 2. The Morgan fingerprint density at radius 1 is 1.00 bits per heavy atom. The monoisotopic (exact) mass is 354 g/mol. The number of hydrogen-bond acceptors (Lipinski definition) is 2. The molecule has 0 atom stereocenters. The van der Waals surface area contributed by atoms with Crippen molar-refractivity contribution in [2.75, 3.05) is 10.6 Å². The highest BCUT2D eigenvalue weighted by Crippen LogP contribution is 2.47. The first-order chi connectivity index (χ1) is 12.3. The minimum atomic E-state index is -1.12. The molecule has 0 aliphatic heterocycles. The Balaban J connectivity index is 1.70. The van der Waals surface area contributed by atoms with Crippen molar-refractivity contribution >= 4 is 23.2 Å². The Morgan fingerprint density at radius 3 is 2.15 bits per heavy atom. The molecule has 2 aromatic carbocycles. The summed E-state index contributed by atoms with van der Waals surface area (Å²) in [7, 11) is 0. The van der Waals surface area contributed by atoms with Gasteiger partial charge in [-0.25, -0.2) is 4.39 Å². The van der Waals surface area contributed by atoms with Gasteiger partial charge in [-0.3, -0.25) is 9.59 Å². The maximum absolute atomic E-state index is 14.2. The van der Waals surface area contributed by atoms with Crippen molar-refractivity contribution in [2.45, 2.75) is 39.5 Å². The van der Waals surface area contributed by atoms with Gasteiger partial charge in [0.05, 0.1) is 5.69 Å². The predicted molar refractivity (Wildman–Crippen MR) is 101 cm³/mol. The molecule has 0 radical (unpaired) electrons. The van der Waals surface area contributed by atoms with Crippen LogP contribution in [-0.2, 0) is 9.59 Å². The Labute approximate surface area is 152 Å². The van der Waals surface area contributed by atoms with Crippen LogP contribution in [-0.4, -0.2) is 11.8 Å². The van der Waals surface area contributed by atoms with E-state index >= 15 is 0 Å². The van der Waals surface area contributed by atoms with Crippen LogP contribution < -0.4 is 10.6 Å². The number of rotatable bonds is 5. The van der Waals surface area contributed by atoms with Crippen LogP contribution in [0.3, 0.4) is 0 Å². The van der Waals surface area contributed by atoms with Crippen molar-refractivity contribution in [3.8, 4) is 0 Å². The molecular weight excluding hydrogens is 331 g/mol. The Morgan fingerprint density at radius 2 is 1.62 bits per heavy atom. The average molecular weight is 354 g/mol. The van der Waals surface area contributed by atoms with Crippen LogP contribution in [0.1, 0.15) is 43.7 Å². The van der Waals surface area contributed by atoms with Gasteiger partial charge >= 0.3 is 0 Å². The summed E-state index contributed by atoms with van der Waals surface area (Å²) in [5.41, 5.74) is 1.58. The Bertz CT molecular complexity index is 840. The average Bonchev–Trinajstić information content (AvgIpc) is 3.40. The van der Waals surface area contributed by atoms with Crippen molar-refractivity contribution in [1.82, 2.24) is 0 Å². The lowest BCUT2D eigenvalue weighted by molar-refractivity contribution is -0.131. The first-order valence-electron chi connectivity index (χ1n) is 8.81. The molecule has 0 unspecified atom stereocenters. The minimum absolute atomic E-state index is 0.105. The van der Waals surface area contributed by atoms with Gasteiger partial charge in [-0.05, 0) is 55.5 Å². The quantitative estimate of drug-likeness (QED) is 0.770. The molecule has 3 rings (SSSR count). The zero-order chi connectivity index (χ0) is 18.9. The third-order valence-electron chi connectivity index (χ3n) is 4.84. The van der Waals surface area contributed by atoms with Gasteiger partial charge in [-0.1, -0.05) is 37.6 Å². The Kier molecular flexibility index (Phi) is 4.81. The van der Waals surface area contributed by atoms with Crippen molar-refractivity contribution < 1.29 is 14.0 Å². The topological polar surface area (TPSA) is 58.2 Å². The number of amides is 2. The van der Waals surface area contributed by atoms with Gasteiger partial charge in [0.25, 0.3) is 0 Å². The van der Waals surface area contributed by atoms with E-state index in [2.05, 4.69) is 10.6 Å². The lowest BCUT2D eigenvalue weighted by atomic mass is 10.0. The number of nitrogens with one attached hydrogen (secondary N) is 2. The molecule has 2 N–H and O–H groups in total. The van der Waals surface area contributed by atoms with E-state index in [1.165, 1.54) is 6.07 Å². The second-order valence-corrected chi connectivity index (χ2v) is 7.25. The molecule has 1 aliphatic rings. The number of benzene rings is 2. The van der Waals surface area contributed by atoms with E-state index in [9.17, 15) is 14.0 Å². The Hall–Kier alpha value is -2.69. The summed E-state index contributed by atoms with van der Waals surface area (Å²) in [6.07, 6.45) is 0.921. The summed E-state index contributed by atoms with van der Waals surface area (Å²) >= 11 is 0. The maximum Gasteiger partial charge on any atom is 0.240 e. The lowest BCUT2D eigenvalue weighted by Crippen LogP contribution is -2.35. The molecule has 1 fully saturated rings. The van der Waals surface area contributed by atoms with Gasteiger partial charge in [0, 0.05) is 5.69 Å². The first kappa shape index (κ1) is 18.1. The van der Waals surface area contributed by atoms with Crippen LogP contribution in [0, 0.1) is 18.2 Å². The number of aryl methyl sites for hydroxylation is 1. The third kappa shape index (κ3) is 3.62. The van der Waals surface area contributed by atoms with Crippen molar-refractivity contribution in [3.63, 3.8) is 0 Å². The summed E-state index contributed by atoms with van der Waals surface area (Å²) in [5.74, 6) is -1.10. The fourth-order valence-electron chi connectivity index (χ4n) is 2.80. The van der Waals surface area contributed by atoms with E-state index in [1.54, 1.807) is 24.3 Å². The maximum atomic E-state index is 14.2. The van der Waals surface area contributed by atoms with E-state index < -0.39 is 17.1 Å². The molecule has 26 heavy (non-hydrogen) atoms. The van der Waals surface area contributed by atoms with Gasteiger partial charge in [-0.15, -0.1) is 0 Å². The standard InChI is InChI=1S/C21H23FN2O2/c1-13(2)15-6-9-18(17(22)12-15)24-20(26)21(10-11-21)19(25)23-16-7-4-14(3)5-8-16/h4-9,12-13H,10-11H2,1-3H3,(H,23,25)(H,24,26). The largest absolute Gasteiger partial charge is 0.325 e. The van der Waals surface area contributed by atoms with E-state index in [-0.39, 0.29) is 17.5 Å². The highest BCUT2D eigenvalue weighted by atomic mass is 19.1. The van der Waals surface area contributed by atoms with Gasteiger partial charge < -0.3 is 10.6 Å². The van der Waals surface area contributed by atoms with Gasteiger partial charge in [0.1, 0.15) is 11.2 Å². The van der Waals surface area contributed by atoms with Crippen LogP contribution >= 0.6 is 0 Å². The molecule has 2 amide bonds. The zero-order valence-corrected chi connectivity index (χ0v) is 15.2. The van der Waals surface area contributed by atoms with Gasteiger partial charge in [0.2, 0.25) is 11.8 Å². The summed E-state index contributed by atoms with van der Waals surface area (Å²) in [4.78, 5) is 25.2. The molecule has 4 nitrogen and oxygen atoms in total. The molecule has 0 spiro atoms. The summed E-state index contributed by atoms with van der Waals surface area (Å²) < 4.78 is 14.2. The van der Waals surface area contributed by atoms with Crippen molar-refractivity contribution in [2.24, 2.45) is 5.41 Å². The molecular formula is C21H23FN2O2. The van der Waals surface area contributed by atoms with Crippen molar-refractivity contribution in [3.05, 3.63) is 59.4 Å². The molecule has 136 valence electrons. The van der Waals surface area contributed by atoms with Crippen molar-refractivity contribution in [1.29, 1.82) is 0 Å². The lowest BCUT2D eigenvalue weighted by Gasteiger charge is -2.16. The summed E-state index contributed by atoms with van der Waals surface area (Å²) in [6, 6.07) is 12.1. The number of carbonyl (C=O) groups is 2. The molecule has 2 aromatic rings. The predicted octanol–water partition coefficient (Wildman–Crippen LogP) is 4.61. The second kappa shape index (κ2) is 6.90. The fraction of sp³-hybridized carbons (Fsp3) is 0.333. The van der Waals surface area contributed by atoms with Crippen LogP contribution in [0.5, 0.6) is 0 Å². The van der Waals surface area contributed by atoms with Gasteiger partial charge in [0.15, 0.2) is 0 Å². The van der Waals surface area contributed by atoms with Crippen LogP contribution in [0.4, 0.5) is 15.8 Å². The highest BCUT2D eigenvalue weighted by Gasteiger charge is 2.56. The first-order valence-corrected chi connectivity index (χ1v) is 8.81. The molecule has 1 saturated carbocycles. The molecule has 0 heterocycles. The molecule has 0 saturated heterocycles. The van der Waals surface area contributed by atoms with E-state index in [0.717, 1.165) is 11.1 Å². The number of hydrogen-bond donors (Lipinski definition) is 2. The van der Waals surface area contributed by atoms with E-state index in [1.807, 2.05) is 32.9 Å². The third-order valence-corrected chi connectivity index (χ3v) is 4.84. The minimum Gasteiger partial charge on any atom is -0.325 e. The number of halogens is 1. The summed E-state index contributed by atoms with van der Waals surface area (Å²) in [5, 5.41) is 5.36. The summed E-state index contributed by atoms with van der Waals surface area (Å²) in [6.45, 7) is 5.91.